The Morgan fingerprint density at radius 2 is 1.93 bits per heavy atom. The summed E-state index contributed by atoms with van der Waals surface area (Å²) in [5.74, 6) is 0.335. The van der Waals surface area contributed by atoms with E-state index in [1.54, 1.807) is 11.8 Å². The Balaban J connectivity index is 1.79. The number of halogens is 1. The molecular weight excluding hydrogens is 408 g/mol. The second-order valence-corrected chi connectivity index (χ2v) is 9.75. The van der Waals surface area contributed by atoms with Gasteiger partial charge in [0.05, 0.1) is 20.6 Å². The lowest BCUT2D eigenvalue weighted by Gasteiger charge is -2.09. The summed E-state index contributed by atoms with van der Waals surface area (Å²) >= 11 is 9.36. The zero-order valence-corrected chi connectivity index (χ0v) is 17.9. The van der Waals surface area contributed by atoms with Gasteiger partial charge in [0.25, 0.3) is 5.91 Å². The van der Waals surface area contributed by atoms with Crippen molar-refractivity contribution in [1.82, 2.24) is 5.32 Å². The van der Waals surface area contributed by atoms with Crippen LogP contribution in [0.15, 0.2) is 69.4 Å². The molecule has 1 amide bonds. The third kappa shape index (κ3) is 4.02. The maximum absolute atomic E-state index is 12.5. The highest BCUT2D eigenvalue weighted by molar-refractivity contribution is 7.99. The molecule has 0 saturated heterocycles. The first-order valence-electron chi connectivity index (χ1n) is 9.05. The molecule has 0 aliphatic carbocycles. The van der Waals surface area contributed by atoms with Crippen LogP contribution in [0, 0.1) is 5.92 Å². The van der Waals surface area contributed by atoms with Crippen molar-refractivity contribution in [3.63, 3.8) is 0 Å². The molecule has 0 unspecified atom stereocenters. The van der Waals surface area contributed by atoms with E-state index in [1.165, 1.54) is 11.3 Å². The van der Waals surface area contributed by atoms with Gasteiger partial charge in [-0.3, -0.25) is 4.79 Å². The highest BCUT2D eigenvalue weighted by atomic mass is 35.5. The Kier molecular flexibility index (Phi) is 5.58. The number of aliphatic imine (C=N–C) groups is 1. The van der Waals surface area contributed by atoms with Gasteiger partial charge in [0.15, 0.2) is 0 Å². The van der Waals surface area contributed by atoms with E-state index in [0.29, 0.717) is 18.0 Å². The molecule has 3 nitrogen and oxygen atoms in total. The van der Waals surface area contributed by atoms with E-state index < -0.39 is 0 Å². The highest BCUT2D eigenvalue weighted by Gasteiger charge is 2.20. The fourth-order valence-electron chi connectivity index (χ4n) is 2.91. The van der Waals surface area contributed by atoms with E-state index in [4.69, 9.17) is 16.6 Å². The minimum atomic E-state index is -0.0702. The fourth-order valence-corrected chi connectivity index (χ4v) is 4.96. The van der Waals surface area contributed by atoms with Crippen LogP contribution < -0.4 is 5.32 Å². The van der Waals surface area contributed by atoms with Crippen molar-refractivity contribution < 1.29 is 4.79 Å². The monoisotopic (exact) mass is 426 g/mol. The molecule has 0 radical (unpaired) electrons. The van der Waals surface area contributed by atoms with Gasteiger partial charge in [-0.2, -0.15) is 0 Å². The van der Waals surface area contributed by atoms with Crippen LogP contribution >= 0.6 is 34.7 Å². The Morgan fingerprint density at radius 1 is 1.11 bits per heavy atom. The van der Waals surface area contributed by atoms with Crippen LogP contribution in [0.1, 0.15) is 34.6 Å². The van der Waals surface area contributed by atoms with E-state index in [1.807, 2.05) is 42.5 Å². The Bertz CT molecular complexity index is 1070. The van der Waals surface area contributed by atoms with Crippen LogP contribution in [0.3, 0.4) is 0 Å². The standard InChI is InChI=1S/C22H19ClN2OS2/c1-13(2)12-24-22(26)14-7-8-18-16(11-14)25-21(19-9-10-20(23)28-19)15-5-3-4-6-17(15)27-18/h3-11,13H,12H2,1-2H3,(H,24,26). The minimum absolute atomic E-state index is 0.0702. The molecule has 0 atom stereocenters. The molecule has 6 heteroatoms. The number of thiophene rings is 1. The predicted octanol–water partition coefficient (Wildman–Crippen LogP) is 6.42. The molecule has 2 heterocycles. The summed E-state index contributed by atoms with van der Waals surface area (Å²) < 4.78 is 0.731. The van der Waals surface area contributed by atoms with Crippen LogP contribution in [-0.4, -0.2) is 18.2 Å². The number of hydrogen-bond acceptors (Lipinski definition) is 4. The van der Waals surface area contributed by atoms with E-state index in [2.05, 4.69) is 31.3 Å². The number of amides is 1. The topological polar surface area (TPSA) is 41.5 Å². The van der Waals surface area contributed by atoms with Gasteiger partial charge in [-0.15, -0.1) is 11.3 Å². The number of nitrogens with zero attached hydrogens (tertiary/aromatic N) is 1. The van der Waals surface area contributed by atoms with Crippen LogP contribution in [-0.2, 0) is 0 Å². The lowest BCUT2D eigenvalue weighted by Crippen LogP contribution is -2.27. The largest absolute Gasteiger partial charge is 0.352 e. The molecule has 3 aromatic rings. The predicted molar refractivity (Wildman–Crippen MR) is 119 cm³/mol. The maximum atomic E-state index is 12.5. The summed E-state index contributed by atoms with van der Waals surface area (Å²) in [5.41, 5.74) is 3.39. The molecule has 0 spiro atoms. The van der Waals surface area contributed by atoms with E-state index in [9.17, 15) is 4.79 Å². The van der Waals surface area contributed by atoms with Crippen molar-refractivity contribution in [3.05, 3.63) is 74.9 Å². The normalized spacial score (nSPS) is 12.8. The van der Waals surface area contributed by atoms with E-state index >= 15 is 0 Å². The van der Waals surface area contributed by atoms with Crippen molar-refractivity contribution in [2.75, 3.05) is 6.54 Å². The van der Waals surface area contributed by atoms with Crippen molar-refractivity contribution in [3.8, 4) is 0 Å². The van der Waals surface area contributed by atoms with Gasteiger partial charge in [-0.25, -0.2) is 4.99 Å². The number of rotatable bonds is 4. The van der Waals surface area contributed by atoms with Crippen molar-refractivity contribution in [2.24, 2.45) is 10.9 Å². The van der Waals surface area contributed by atoms with Crippen LogP contribution in [0.5, 0.6) is 0 Å². The third-order valence-corrected chi connectivity index (χ3v) is 6.67. The molecule has 1 aromatic heterocycles. The lowest BCUT2D eigenvalue weighted by molar-refractivity contribution is 0.0949. The van der Waals surface area contributed by atoms with E-state index in [-0.39, 0.29) is 5.91 Å². The van der Waals surface area contributed by atoms with Gasteiger partial charge < -0.3 is 5.32 Å². The van der Waals surface area contributed by atoms with Crippen LogP contribution in [0.25, 0.3) is 0 Å². The number of benzene rings is 2. The van der Waals surface area contributed by atoms with Gasteiger partial charge in [-0.1, -0.05) is 55.4 Å². The smallest absolute Gasteiger partial charge is 0.251 e. The minimum Gasteiger partial charge on any atom is -0.352 e. The van der Waals surface area contributed by atoms with Crippen LogP contribution in [0.2, 0.25) is 4.34 Å². The molecule has 1 aliphatic heterocycles. The molecule has 4 rings (SSSR count). The molecule has 28 heavy (non-hydrogen) atoms. The quantitative estimate of drug-likeness (QED) is 0.409. The van der Waals surface area contributed by atoms with Gasteiger partial charge in [0.1, 0.15) is 0 Å². The van der Waals surface area contributed by atoms with Crippen LogP contribution in [0.4, 0.5) is 5.69 Å². The highest BCUT2D eigenvalue weighted by Crippen LogP contribution is 2.42. The SMILES string of the molecule is CC(C)CNC(=O)c1ccc2c(c1)N=C(c1ccc(Cl)s1)c1ccccc1S2. The summed E-state index contributed by atoms with van der Waals surface area (Å²) in [5, 5.41) is 2.97. The average molecular weight is 427 g/mol. The first-order valence-corrected chi connectivity index (χ1v) is 11.1. The van der Waals surface area contributed by atoms with Gasteiger partial charge in [0, 0.05) is 27.5 Å². The summed E-state index contributed by atoms with van der Waals surface area (Å²) in [7, 11) is 0. The van der Waals surface area contributed by atoms with Crippen molar-refractivity contribution in [2.45, 2.75) is 23.6 Å². The number of carbonyl (C=O) groups is 1. The Labute approximate surface area is 177 Å². The molecular formula is C22H19ClN2OS2. The van der Waals surface area contributed by atoms with Gasteiger partial charge in [0.2, 0.25) is 0 Å². The Hall–Kier alpha value is -2.08. The average Bonchev–Trinajstić information content (AvgIpc) is 3.04. The second-order valence-electron chi connectivity index (χ2n) is 6.95. The zero-order chi connectivity index (χ0) is 19.7. The molecule has 2 aromatic carbocycles. The molecule has 142 valence electrons. The first kappa shape index (κ1) is 19.2. The lowest BCUT2D eigenvalue weighted by atomic mass is 10.1. The number of nitrogens with one attached hydrogen (secondary N) is 1. The third-order valence-electron chi connectivity index (χ3n) is 4.29. The van der Waals surface area contributed by atoms with Crippen molar-refractivity contribution >= 4 is 52.0 Å². The zero-order valence-electron chi connectivity index (χ0n) is 15.5. The van der Waals surface area contributed by atoms with Gasteiger partial charge >= 0.3 is 0 Å². The fraction of sp³-hybridized carbons (Fsp3) is 0.182. The summed E-state index contributed by atoms with van der Waals surface area (Å²) in [6.45, 7) is 4.81. The summed E-state index contributed by atoms with van der Waals surface area (Å²) in [6.07, 6.45) is 0. The number of fused-ring (bicyclic) bond motifs is 2. The summed E-state index contributed by atoms with van der Waals surface area (Å²) in [6, 6.07) is 17.8. The number of carbonyl (C=O) groups excluding carboxylic acids is 1. The second kappa shape index (κ2) is 8.11. The first-order chi connectivity index (χ1) is 13.5. The summed E-state index contributed by atoms with van der Waals surface area (Å²) in [4.78, 5) is 20.7. The van der Waals surface area contributed by atoms with Crippen molar-refractivity contribution in [1.29, 1.82) is 0 Å². The maximum Gasteiger partial charge on any atom is 0.251 e. The Morgan fingerprint density at radius 3 is 2.68 bits per heavy atom. The van der Waals surface area contributed by atoms with Gasteiger partial charge in [-0.05, 0) is 42.3 Å². The molecule has 0 bridgehead atoms. The molecule has 1 aliphatic rings. The number of hydrogen-bond donors (Lipinski definition) is 1. The molecule has 0 saturated carbocycles. The molecule has 1 N–H and O–H groups in total. The molecule has 0 fully saturated rings. The van der Waals surface area contributed by atoms with E-state index in [0.717, 1.165) is 36.0 Å².